The number of fused-ring (bicyclic) bond motifs is 1. The lowest BCUT2D eigenvalue weighted by molar-refractivity contribution is 0.122. The molecule has 1 fully saturated rings. The summed E-state index contributed by atoms with van der Waals surface area (Å²) in [5, 5.41) is 6.53. The van der Waals surface area contributed by atoms with Crippen molar-refractivity contribution in [3.63, 3.8) is 0 Å². The van der Waals surface area contributed by atoms with Crippen LogP contribution in [0.25, 0.3) is 22.3 Å². The van der Waals surface area contributed by atoms with Gasteiger partial charge in [-0.2, -0.15) is 0 Å². The van der Waals surface area contributed by atoms with E-state index in [1.54, 1.807) is 18.6 Å². The molecule has 5 rings (SSSR count). The Labute approximate surface area is 184 Å². The standard InChI is InChI=1S/C23H23N7O2/c1-15-2-7-20(24-13-15)29-23(31)27-17-5-3-16(4-6-17)19-12-18-21(28-19)25-14-26-22(18)30-8-10-32-11-9-30/h2-7,12-14H,8-11H2,1H3,(H,25,26,28)(H2,24,27,29,31). The number of amides is 2. The summed E-state index contributed by atoms with van der Waals surface area (Å²) in [6, 6.07) is 13.0. The van der Waals surface area contributed by atoms with E-state index < -0.39 is 0 Å². The molecular formula is C23H23N7O2. The number of hydrogen-bond acceptors (Lipinski definition) is 6. The molecule has 3 aromatic heterocycles. The predicted octanol–water partition coefficient (Wildman–Crippen LogP) is 3.81. The number of benzene rings is 1. The normalized spacial score (nSPS) is 13.8. The molecule has 9 nitrogen and oxygen atoms in total. The lowest BCUT2D eigenvalue weighted by Crippen LogP contribution is -2.36. The second-order valence-electron chi connectivity index (χ2n) is 7.62. The zero-order chi connectivity index (χ0) is 21.9. The minimum Gasteiger partial charge on any atom is -0.378 e. The molecule has 1 aromatic carbocycles. The first-order valence-corrected chi connectivity index (χ1v) is 10.4. The number of carbonyl (C=O) groups excluding carboxylic acids is 1. The molecule has 0 unspecified atom stereocenters. The summed E-state index contributed by atoms with van der Waals surface area (Å²) >= 11 is 0. The molecule has 2 amide bonds. The number of carbonyl (C=O) groups is 1. The SMILES string of the molecule is Cc1ccc(NC(=O)Nc2ccc(-c3cc4c(N5CCOCC5)ncnc4[nH]3)cc2)nc1. The molecule has 0 saturated carbocycles. The summed E-state index contributed by atoms with van der Waals surface area (Å²) in [7, 11) is 0. The number of aromatic amines is 1. The lowest BCUT2D eigenvalue weighted by Gasteiger charge is -2.27. The Morgan fingerprint density at radius 2 is 1.84 bits per heavy atom. The molecule has 0 bridgehead atoms. The minimum absolute atomic E-state index is 0.342. The maximum atomic E-state index is 12.2. The number of nitrogens with one attached hydrogen (secondary N) is 3. The molecule has 162 valence electrons. The van der Waals surface area contributed by atoms with E-state index in [1.165, 1.54) is 0 Å². The summed E-state index contributed by atoms with van der Waals surface area (Å²) in [4.78, 5) is 30.9. The molecule has 0 aliphatic carbocycles. The molecule has 4 heterocycles. The summed E-state index contributed by atoms with van der Waals surface area (Å²) in [6.07, 6.45) is 3.29. The van der Waals surface area contributed by atoms with Gasteiger partial charge in [0.25, 0.3) is 0 Å². The number of morpholine rings is 1. The first-order chi connectivity index (χ1) is 15.7. The van der Waals surface area contributed by atoms with Crippen molar-refractivity contribution in [3.8, 4) is 11.3 Å². The molecule has 1 aliphatic heterocycles. The van der Waals surface area contributed by atoms with E-state index in [1.807, 2.05) is 37.3 Å². The van der Waals surface area contributed by atoms with Crippen LogP contribution in [0, 0.1) is 6.92 Å². The number of urea groups is 1. The van der Waals surface area contributed by atoms with E-state index in [2.05, 4.69) is 41.5 Å². The van der Waals surface area contributed by atoms with Gasteiger partial charge in [0.2, 0.25) is 0 Å². The number of anilines is 3. The van der Waals surface area contributed by atoms with Crippen LogP contribution in [-0.2, 0) is 4.74 Å². The van der Waals surface area contributed by atoms with Crippen molar-refractivity contribution in [1.82, 2.24) is 19.9 Å². The number of rotatable bonds is 4. The molecule has 9 heteroatoms. The molecule has 4 aromatic rings. The van der Waals surface area contributed by atoms with Crippen molar-refractivity contribution in [2.24, 2.45) is 0 Å². The Morgan fingerprint density at radius 3 is 2.59 bits per heavy atom. The van der Waals surface area contributed by atoms with Crippen molar-refractivity contribution in [1.29, 1.82) is 0 Å². The minimum atomic E-state index is -0.342. The quantitative estimate of drug-likeness (QED) is 0.455. The summed E-state index contributed by atoms with van der Waals surface area (Å²) in [6.45, 7) is 4.97. The van der Waals surface area contributed by atoms with Gasteiger partial charge in [0, 0.05) is 30.7 Å². The maximum Gasteiger partial charge on any atom is 0.324 e. The van der Waals surface area contributed by atoms with Gasteiger partial charge in [0.15, 0.2) is 0 Å². The third kappa shape index (κ3) is 4.23. The first kappa shape index (κ1) is 20.0. The number of ether oxygens (including phenoxy) is 1. The van der Waals surface area contributed by atoms with Crippen LogP contribution in [-0.4, -0.2) is 52.3 Å². The Kier molecular flexibility index (Phi) is 5.39. The van der Waals surface area contributed by atoms with Gasteiger partial charge in [-0.15, -0.1) is 0 Å². The largest absolute Gasteiger partial charge is 0.378 e. The Balaban J connectivity index is 1.31. The van der Waals surface area contributed by atoms with Crippen molar-refractivity contribution < 1.29 is 9.53 Å². The van der Waals surface area contributed by atoms with Crippen LogP contribution in [0.1, 0.15) is 5.56 Å². The highest BCUT2D eigenvalue weighted by Crippen LogP contribution is 2.29. The zero-order valence-corrected chi connectivity index (χ0v) is 17.6. The third-order valence-electron chi connectivity index (χ3n) is 5.32. The zero-order valence-electron chi connectivity index (χ0n) is 17.6. The van der Waals surface area contributed by atoms with Crippen molar-refractivity contribution >= 4 is 34.4 Å². The number of pyridine rings is 1. The monoisotopic (exact) mass is 429 g/mol. The Morgan fingerprint density at radius 1 is 1.03 bits per heavy atom. The van der Waals surface area contributed by atoms with E-state index in [0.29, 0.717) is 24.7 Å². The number of nitrogens with zero attached hydrogens (tertiary/aromatic N) is 4. The van der Waals surface area contributed by atoms with Crippen LogP contribution in [0.15, 0.2) is 55.0 Å². The van der Waals surface area contributed by atoms with Crippen LogP contribution >= 0.6 is 0 Å². The van der Waals surface area contributed by atoms with Gasteiger partial charge < -0.3 is 19.9 Å². The molecule has 3 N–H and O–H groups in total. The summed E-state index contributed by atoms with van der Waals surface area (Å²) < 4.78 is 5.45. The van der Waals surface area contributed by atoms with Gasteiger partial charge >= 0.3 is 6.03 Å². The van der Waals surface area contributed by atoms with Gasteiger partial charge in [-0.1, -0.05) is 18.2 Å². The van der Waals surface area contributed by atoms with Crippen LogP contribution in [0.5, 0.6) is 0 Å². The number of aromatic nitrogens is 4. The second kappa shape index (κ2) is 8.64. The fourth-order valence-electron chi connectivity index (χ4n) is 3.66. The highest BCUT2D eigenvalue weighted by Gasteiger charge is 2.17. The third-order valence-corrected chi connectivity index (χ3v) is 5.32. The fraction of sp³-hybridized carbons (Fsp3) is 0.217. The van der Waals surface area contributed by atoms with Crippen LogP contribution < -0.4 is 15.5 Å². The van der Waals surface area contributed by atoms with Gasteiger partial charge in [-0.3, -0.25) is 5.32 Å². The Bertz CT molecular complexity index is 1230. The molecule has 0 radical (unpaired) electrons. The average molecular weight is 429 g/mol. The van der Waals surface area contributed by atoms with Crippen LogP contribution in [0.3, 0.4) is 0 Å². The van der Waals surface area contributed by atoms with Gasteiger partial charge in [0.05, 0.1) is 18.6 Å². The van der Waals surface area contributed by atoms with Crippen LogP contribution in [0.2, 0.25) is 0 Å². The highest BCUT2D eigenvalue weighted by atomic mass is 16.5. The molecular weight excluding hydrogens is 406 g/mol. The van der Waals surface area contributed by atoms with E-state index in [0.717, 1.165) is 46.8 Å². The number of aryl methyl sites for hydroxylation is 1. The van der Waals surface area contributed by atoms with Crippen LogP contribution in [0.4, 0.5) is 22.1 Å². The van der Waals surface area contributed by atoms with E-state index in [4.69, 9.17) is 4.74 Å². The molecule has 0 spiro atoms. The second-order valence-corrected chi connectivity index (χ2v) is 7.62. The molecule has 1 aliphatic rings. The maximum absolute atomic E-state index is 12.2. The Hall–Kier alpha value is -3.98. The van der Waals surface area contributed by atoms with Crippen molar-refractivity contribution in [2.75, 3.05) is 41.8 Å². The van der Waals surface area contributed by atoms with Crippen molar-refractivity contribution in [2.45, 2.75) is 6.92 Å². The van der Waals surface area contributed by atoms with Crippen molar-refractivity contribution in [3.05, 3.63) is 60.6 Å². The highest BCUT2D eigenvalue weighted by molar-refractivity contribution is 5.99. The molecule has 32 heavy (non-hydrogen) atoms. The van der Waals surface area contributed by atoms with E-state index in [9.17, 15) is 4.79 Å². The lowest BCUT2D eigenvalue weighted by atomic mass is 10.1. The van der Waals surface area contributed by atoms with Gasteiger partial charge in [-0.25, -0.2) is 19.7 Å². The molecule has 1 saturated heterocycles. The average Bonchev–Trinajstić information content (AvgIpc) is 3.26. The number of H-pyrrole nitrogens is 1. The number of hydrogen-bond donors (Lipinski definition) is 3. The first-order valence-electron chi connectivity index (χ1n) is 10.4. The van der Waals surface area contributed by atoms with E-state index in [-0.39, 0.29) is 6.03 Å². The molecule has 0 atom stereocenters. The fourth-order valence-corrected chi connectivity index (χ4v) is 3.66. The summed E-state index contributed by atoms with van der Waals surface area (Å²) in [5.74, 6) is 1.42. The van der Waals surface area contributed by atoms with Gasteiger partial charge in [-0.05, 0) is 42.3 Å². The topological polar surface area (TPSA) is 108 Å². The smallest absolute Gasteiger partial charge is 0.324 e. The predicted molar refractivity (Wildman–Crippen MR) is 124 cm³/mol. The van der Waals surface area contributed by atoms with Gasteiger partial charge in [0.1, 0.15) is 23.6 Å². The summed E-state index contributed by atoms with van der Waals surface area (Å²) in [5.41, 5.74) is 4.44. The van der Waals surface area contributed by atoms with E-state index >= 15 is 0 Å².